The fraction of sp³-hybridized carbons (Fsp3) is 0.550. The third kappa shape index (κ3) is 5.91. The SMILES string of the molecule is CCC(CC1CCC(c2cc(NC(=O)Cc3cnc(OC)cn3)n[nH]2)C1)NC(=O)O. The van der Waals surface area contributed by atoms with Crippen molar-refractivity contribution in [3.05, 3.63) is 29.8 Å². The Kier molecular flexibility index (Phi) is 7.21. The van der Waals surface area contributed by atoms with E-state index in [0.29, 0.717) is 29.2 Å². The topological polar surface area (TPSA) is 142 Å². The summed E-state index contributed by atoms with van der Waals surface area (Å²) in [5.41, 5.74) is 1.54. The van der Waals surface area contributed by atoms with Gasteiger partial charge in [-0.05, 0) is 38.0 Å². The van der Waals surface area contributed by atoms with Gasteiger partial charge in [0.15, 0.2) is 5.82 Å². The van der Waals surface area contributed by atoms with Crippen molar-refractivity contribution < 1.29 is 19.4 Å². The molecule has 0 saturated heterocycles. The number of anilines is 1. The summed E-state index contributed by atoms with van der Waals surface area (Å²) in [6, 6.07) is 1.86. The van der Waals surface area contributed by atoms with Crippen LogP contribution in [0.1, 0.15) is 56.3 Å². The van der Waals surface area contributed by atoms with Crippen LogP contribution in [0, 0.1) is 5.92 Å². The Hall–Kier alpha value is -3.17. The molecule has 1 fully saturated rings. The Morgan fingerprint density at radius 2 is 2.17 bits per heavy atom. The van der Waals surface area contributed by atoms with Crippen molar-refractivity contribution in [2.24, 2.45) is 5.92 Å². The van der Waals surface area contributed by atoms with Gasteiger partial charge in [-0.2, -0.15) is 5.10 Å². The number of carbonyl (C=O) groups excluding carboxylic acids is 1. The number of carbonyl (C=O) groups is 2. The molecule has 0 spiro atoms. The number of H-pyrrole nitrogens is 1. The summed E-state index contributed by atoms with van der Waals surface area (Å²) in [6.45, 7) is 1.99. The van der Waals surface area contributed by atoms with Gasteiger partial charge in [0.05, 0.1) is 31.6 Å². The molecule has 4 N–H and O–H groups in total. The number of nitrogens with zero attached hydrogens (tertiary/aromatic N) is 3. The molecular formula is C20H28N6O4. The summed E-state index contributed by atoms with van der Waals surface area (Å²) in [6.07, 6.45) is 6.80. The zero-order valence-corrected chi connectivity index (χ0v) is 17.2. The lowest BCUT2D eigenvalue weighted by Gasteiger charge is -2.19. The van der Waals surface area contributed by atoms with Crippen LogP contribution in [0.15, 0.2) is 18.5 Å². The van der Waals surface area contributed by atoms with Crippen LogP contribution in [0.4, 0.5) is 10.6 Å². The standard InChI is InChI=1S/C20H28N6O4/c1-3-14(23-20(28)29)7-12-4-5-13(6-12)16-9-17(26-25-16)24-18(27)8-15-10-22-19(30-2)11-21-15/h9-14,23H,3-8H2,1-2H3,(H,28,29)(H2,24,25,26,27). The van der Waals surface area contributed by atoms with E-state index in [1.165, 1.54) is 19.5 Å². The molecule has 1 aliphatic carbocycles. The predicted octanol–water partition coefficient (Wildman–Crippen LogP) is 2.71. The van der Waals surface area contributed by atoms with E-state index in [0.717, 1.165) is 37.8 Å². The Morgan fingerprint density at radius 1 is 1.33 bits per heavy atom. The Bertz CT molecular complexity index is 853. The van der Waals surface area contributed by atoms with E-state index in [1.807, 2.05) is 13.0 Å². The molecule has 1 aliphatic rings. The van der Waals surface area contributed by atoms with E-state index in [4.69, 9.17) is 9.84 Å². The molecule has 30 heavy (non-hydrogen) atoms. The van der Waals surface area contributed by atoms with Gasteiger partial charge in [0.2, 0.25) is 11.8 Å². The highest BCUT2D eigenvalue weighted by atomic mass is 16.5. The number of methoxy groups -OCH3 is 1. The molecule has 1 saturated carbocycles. The fourth-order valence-electron chi connectivity index (χ4n) is 3.98. The maximum absolute atomic E-state index is 12.2. The van der Waals surface area contributed by atoms with Crippen LogP contribution in [-0.4, -0.2) is 50.4 Å². The zero-order chi connectivity index (χ0) is 21.5. The lowest BCUT2D eigenvalue weighted by molar-refractivity contribution is -0.115. The number of rotatable bonds is 9. The molecule has 0 aromatic carbocycles. The summed E-state index contributed by atoms with van der Waals surface area (Å²) >= 11 is 0. The minimum Gasteiger partial charge on any atom is -0.480 e. The van der Waals surface area contributed by atoms with E-state index < -0.39 is 6.09 Å². The molecule has 2 aromatic rings. The number of ether oxygens (including phenoxy) is 1. The monoisotopic (exact) mass is 416 g/mol. The van der Waals surface area contributed by atoms with Crippen molar-refractivity contribution >= 4 is 17.8 Å². The van der Waals surface area contributed by atoms with Crippen LogP contribution < -0.4 is 15.4 Å². The Labute approximate surface area is 174 Å². The van der Waals surface area contributed by atoms with Gasteiger partial charge in [-0.15, -0.1) is 0 Å². The second-order valence-corrected chi connectivity index (χ2v) is 7.65. The normalized spacial score (nSPS) is 19.3. The Balaban J connectivity index is 1.49. The summed E-state index contributed by atoms with van der Waals surface area (Å²) in [7, 11) is 1.51. The first-order valence-corrected chi connectivity index (χ1v) is 10.2. The van der Waals surface area contributed by atoms with Crippen molar-refractivity contribution in [1.29, 1.82) is 0 Å². The minimum atomic E-state index is -0.967. The predicted molar refractivity (Wildman–Crippen MR) is 109 cm³/mol. The van der Waals surface area contributed by atoms with Gasteiger partial charge in [-0.3, -0.25) is 14.9 Å². The lowest BCUT2D eigenvalue weighted by atomic mass is 9.95. The van der Waals surface area contributed by atoms with E-state index in [9.17, 15) is 9.59 Å². The third-order valence-corrected chi connectivity index (χ3v) is 5.52. The summed E-state index contributed by atoms with van der Waals surface area (Å²) in [5.74, 6) is 1.47. The first kappa shape index (κ1) is 21.5. The van der Waals surface area contributed by atoms with Gasteiger partial charge in [0.1, 0.15) is 0 Å². The van der Waals surface area contributed by atoms with E-state index in [-0.39, 0.29) is 18.4 Å². The molecule has 162 valence electrons. The molecule has 10 nitrogen and oxygen atoms in total. The number of aromatic amines is 1. The van der Waals surface area contributed by atoms with Gasteiger partial charge in [0.25, 0.3) is 0 Å². The second kappa shape index (κ2) is 10.0. The molecule has 2 amide bonds. The highest BCUT2D eigenvalue weighted by Crippen LogP contribution is 2.40. The fourth-order valence-corrected chi connectivity index (χ4v) is 3.98. The molecular weight excluding hydrogens is 388 g/mol. The third-order valence-electron chi connectivity index (χ3n) is 5.52. The van der Waals surface area contributed by atoms with Crippen molar-refractivity contribution in [1.82, 2.24) is 25.5 Å². The second-order valence-electron chi connectivity index (χ2n) is 7.65. The van der Waals surface area contributed by atoms with Gasteiger partial charge in [-0.1, -0.05) is 6.92 Å². The zero-order valence-electron chi connectivity index (χ0n) is 17.2. The smallest absolute Gasteiger partial charge is 0.404 e. The highest BCUT2D eigenvalue weighted by molar-refractivity contribution is 5.91. The largest absolute Gasteiger partial charge is 0.480 e. The summed E-state index contributed by atoms with van der Waals surface area (Å²) < 4.78 is 4.96. The van der Waals surface area contributed by atoms with Crippen LogP contribution in [0.5, 0.6) is 5.88 Å². The van der Waals surface area contributed by atoms with Crippen molar-refractivity contribution in [2.45, 2.75) is 57.4 Å². The maximum Gasteiger partial charge on any atom is 0.404 e. The maximum atomic E-state index is 12.2. The van der Waals surface area contributed by atoms with Crippen LogP contribution >= 0.6 is 0 Å². The summed E-state index contributed by atoms with van der Waals surface area (Å²) in [5, 5.41) is 21.6. The molecule has 2 heterocycles. The van der Waals surface area contributed by atoms with Crippen molar-refractivity contribution in [3.8, 4) is 5.88 Å². The molecule has 3 unspecified atom stereocenters. The molecule has 10 heteroatoms. The lowest BCUT2D eigenvalue weighted by Crippen LogP contribution is -2.34. The number of hydrogen-bond donors (Lipinski definition) is 4. The molecule has 0 radical (unpaired) electrons. The number of carboxylic acid groups (broad SMARTS) is 1. The number of aromatic nitrogens is 4. The molecule has 3 rings (SSSR count). The molecule has 0 aliphatic heterocycles. The van der Waals surface area contributed by atoms with E-state index >= 15 is 0 Å². The molecule has 0 bridgehead atoms. The first-order chi connectivity index (χ1) is 14.5. The Morgan fingerprint density at radius 3 is 2.83 bits per heavy atom. The van der Waals surface area contributed by atoms with Crippen molar-refractivity contribution in [3.63, 3.8) is 0 Å². The highest BCUT2D eigenvalue weighted by Gasteiger charge is 2.29. The molecule has 2 aromatic heterocycles. The summed E-state index contributed by atoms with van der Waals surface area (Å²) in [4.78, 5) is 31.3. The van der Waals surface area contributed by atoms with Crippen LogP contribution in [0.3, 0.4) is 0 Å². The number of amides is 2. The van der Waals surface area contributed by atoms with Gasteiger partial charge < -0.3 is 20.5 Å². The number of nitrogens with one attached hydrogen (secondary N) is 3. The van der Waals surface area contributed by atoms with E-state index in [2.05, 4.69) is 30.8 Å². The van der Waals surface area contributed by atoms with Crippen LogP contribution in [0.2, 0.25) is 0 Å². The first-order valence-electron chi connectivity index (χ1n) is 10.2. The minimum absolute atomic E-state index is 0.0103. The van der Waals surface area contributed by atoms with E-state index in [1.54, 1.807) is 0 Å². The quantitative estimate of drug-likeness (QED) is 0.492. The van der Waals surface area contributed by atoms with Gasteiger partial charge in [-0.25, -0.2) is 9.78 Å². The molecule has 3 atom stereocenters. The average molecular weight is 416 g/mol. The van der Waals surface area contributed by atoms with Crippen LogP contribution in [-0.2, 0) is 11.2 Å². The van der Waals surface area contributed by atoms with Crippen LogP contribution in [0.25, 0.3) is 0 Å². The number of hydrogen-bond acceptors (Lipinski definition) is 6. The van der Waals surface area contributed by atoms with Crippen molar-refractivity contribution in [2.75, 3.05) is 12.4 Å². The van der Waals surface area contributed by atoms with Gasteiger partial charge >= 0.3 is 6.09 Å². The average Bonchev–Trinajstić information content (AvgIpc) is 3.37. The van der Waals surface area contributed by atoms with Gasteiger partial charge in [0, 0.05) is 23.7 Å².